The highest BCUT2D eigenvalue weighted by Crippen LogP contribution is 2.31. The Balaban J connectivity index is 2.08. The topological polar surface area (TPSA) is 19.4 Å². The molecule has 3 heteroatoms. The molecule has 1 aliphatic heterocycles. The van der Waals surface area contributed by atoms with Crippen LogP contribution in [-0.4, -0.2) is 37.1 Å². The molecule has 0 unspecified atom stereocenters. The van der Waals surface area contributed by atoms with Crippen molar-refractivity contribution in [3.63, 3.8) is 0 Å². The van der Waals surface area contributed by atoms with Gasteiger partial charge in [0.15, 0.2) is 0 Å². The molecule has 1 aromatic heterocycles. The minimum absolute atomic E-state index is 0.587. The van der Waals surface area contributed by atoms with Crippen molar-refractivity contribution in [2.24, 2.45) is 0 Å². The van der Waals surface area contributed by atoms with Crippen molar-refractivity contribution in [2.45, 2.75) is 45.1 Å². The van der Waals surface area contributed by atoms with Gasteiger partial charge in [-0.15, -0.1) is 0 Å². The maximum atomic E-state index is 4.57. The van der Waals surface area contributed by atoms with Gasteiger partial charge in [-0.1, -0.05) is 25.8 Å². The first-order chi connectivity index (χ1) is 9.22. The summed E-state index contributed by atoms with van der Waals surface area (Å²) >= 11 is 0. The largest absolute Gasteiger partial charge is 0.363 e. The molecule has 0 N–H and O–H groups in total. The first kappa shape index (κ1) is 14.3. The zero-order valence-corrected chi connectivity index (χ0v) is 12.6. The molecule has 1 aliphatic rings. The van der Waals surface area contributed by atoms with Gasteiger partial charge in [0.25, 0.3) is 0 Å². The first-order valence-electron chi connectivity index (χ1n) is 7.59. The molecule has 2 heterocycles. The summed E-state index contributed by atoms with van der Waals surface area (Å²) in [6.45, 7) is 4.75. The summed E-state index contributed by atoms with van der Waals surface area (Å²) in [7, 11) is 4.08. The Morgan fingerprint density at radius 1 is 1.32 bits per heavy atom. The fraction of sp³-hybridized carbons (Fsp3) is 0.688. The maximum absolute atomic E-state index is 4.57. The van der Waals surface area contributed by atoms with Gasteiger partial charge in [-0.3, -0.25) is 4.90 Å². The summed E-state index contributed by atoms with van der Waals surface area (Å²) in [5.74, 6) is 1.04. The predicted molar refractivity (Wildman–Crippen MR) is 81.6 cm³/mol. The zero-order chi connectivity index (χ0) is 13.7. The standard InChI is InChI=1S/C16H27N3/c1-4-5-11-19-12-7-6-8-15(19)14-9-10-16(17-13-14)18(2)3/h9-10,13,15H,4-8,11-12H2,1-3H3/t15-/m1/s1. The smallest absolute Gasteiger partial charge is 0.127 e. The maximum Gasteiger partial charge on any atom is 0.127 e. The Morgan fingerprint density at radius 2 is 2.16 bits per heavy atom. The van der Waals surface area contributed by atoms with Crippen molar-refractivity contribution in [2.75, 3.05) is 32.1 Å². The first-order valence-corrected chi connectivity index (χ1v) is 7.59. The number of nitrogens with zero attached hydrogens (tertiary/aromatic N) is 3. The Hall–Kier alpha value is -1.09. The molecule has 19 heavy (non-hydrogen) atoms. The number of unbranched alkanes of at least 4 members (excludes halogenated alkanes) is 1. The second kappa shape index (κ2) is 6.90. The van der Waals surface area contributed by atoms with Crippen LogP contribution in [0, 0.1) is 0 Å². The molecule has 0 aliphatic carbocycles. The van der Waals surface area contributed by atoms with Crippen molar-refractivity contribution in [1.82, 2.24) is 9.88 Å². The lowest BCUT2D eigenvalue weighted by Gasteiger charge is -2.36. The summed E-state index contributed by atoms with van der Waals surface area (Å²) in [6.07, 6.45) is 8.64. The molecule has 3 nitrogen and oxygen atoms in total. The van der Waals surface area contributed by atoms with Gasteiger partial charge >= 0.3 is 0 Å². The van der Waals surface area contributed by atoms with Gasteiger partial charge in [-0.25, -0.2) is 4.98 Å². The summed E-state index contributed by atoms with van der Waals surface area (Å²) in [5, 5.41) is 0. The summed E-state index contributed by atoms with van der Waals surface area (Å²) < 4.78 is 0. The lowest BCUT2D eigenvalue weighted by molar-refractivity contribution is 0.146. The van der Waals surface area contributed by atoms with E-state index in [1.165, 1.54) is 50.8 Å². The fourth-order valence-corrected chi connectivity index (χ4v) is 2.86. The molecule has 0 radical (unpaired) electrons. The molecular weight excluding hydrogens is 234 g/mol. The number of likely N-dealkylation sites (tertiary alicyclic amines) is 1. The highest BCUT2D eigenvalue weighted by atomic mass is 15.2. The van der Waals surface area contributed by atoms with Crippen molar-refractivity contribution in [3.8, 4) is 0 Å². The van der Waals surface area contributed by atoms with Crippen LogP contribution in [-0.2, 0) is 0 Å². The van der Waals surface area contributed by atoms with E-state index < -0.39 is 0 Å². The van der Waals surface area contributed by atoms with Crippen LogP contribution in [0.4, 0.5) is 5.82 Å². The molecule has 0 aromatic carbocycles. The number of hydrogen-bond acceptors (Lipinski definition) is 3. The van der Waals surface area contributed by atoms with E-state index in [1.54, 1.807) is 0 Å². The van der Waals surface area contributed by atoms with Gasteiger partial charge in [0.2, 0.25) is 0 Å². The van der Waals surface area contributed by atoms with E-state index in [0.717, 1.165) is 5.82 Å². The van der Waals surface area contributed by atoms with E-state index in [0.29, 0.717) is 6.04 Å². The van der Waals surface area contributed by atoms with Crippen LogP contribution < -0.4 is 4.90 Å². The highest BCUT2D eigenvalue weighted by Gasteiger charge is 2.23. The van der Waals surface area contributed by atoms with Crippen LogP contribution in [0.1, 0.15) is 50.6 Å². The fourth-order valence-electron chi connectivity index (χ4n) is 2.86. The third kappa shape index (κ3) is 3.69. The molecule has 0 spiro atoms. The second-order valence-corrected chi connectivity index (χ2v) is 5.75. The van der Waals surface area contributed by atoms with Gasteiger partial charge in [-0.05, 0) is 44.0 Å². The molecule has 1 saturated heterocycles. The van der Waals surface area contributed by atoms with Gasteiger partial charge in [0.1, 0.15) is 5.82 Å². The van der Waals surface area contributed by atoms with E-state index in [9.17, 15) is 0 Å². The van der Waals surface area contributed by atoms with Gasteiger partial charge in [-0.2, -0.15) is 0 Å². The molecule has 2 rings (SSSR count). The normalized spacial score (nSPS) is 20.5. The van der Waals surface area contributed by atoms with Crippen molar-refractivity contribution >= 4 is 5.82 Å². The Bertz CT molecular complexity index is 372. The molecule has 1 atom stereocenters. The van der Waals surface area contributed by atoms with Crippen molar-refractivity contribution in [3.05, 3.63) is 23.9 Å². The average molecular weight is 261 g/mol. The zero-order valence-electron chi connectivity index (χ0n) is 12.6. The number of aromatic nitrogens is 1. The highest BCUT2D eigenvalue weighted by molar-refractivity contribution is 5.37. The molecule has 0 amide bonds. The Morgan fingerprint density at radius 3 is 2.79 bits per heavy atom. The average Bonchev–Trinajstić information content (AvgIpc) is 2.45. The van der Waals surface area contributed by atoms with Gasteiger partial charge in [0.05, 0.1) is 0 Å². The number of hydrogen-bond donors (Lipinski definition) is 0. The molecule has 0 saturated carbocycles. The van der Waals surface area contributed by atoms with Crippen LogP contribution in [0.25, 0.3) is 0 Å². The summed E-state index contributed by atoms with van der Waals surface area (Å²) in [4.78, 5) is 9.27. The van der Waals surface area contributed by atoms with Crippen LogP contribution in [0.15, 0.2) is 18.3 Å². The van der Waals surface area contributed by atoms with E-state index in [4.69, 9.17) is 0 Å². The monoisotopic (exact) mass is 261 g/mol. The molecule has 1 fully saturated rings. The summed E-state index contributed by atoms with van der Waals surface area (Å²) in [6, 6.07) is 4.99. The third-order valence-corrected chi connectivity index (χ3v) is 4.03. The lowest BCUT2D eigenvalue weighted by Crippen LogP contribution is -2.34. The number of rotatable bonds is 5. The van der Waals surface area contributed by atoms with Crippen LogP contribution >= 0.6 is 0 Å². The lowest BCUT2D eigenvalue weighted by atomic mass is 9.96. The predicted octanol–water partition coefficient (Wildman–Crippen LogP) is 3.47. The summed E-state index contributed by atoms with van der Waals surface area (Å²) in [5.41, 5.74) is 1.39. The van der Waals surface area contributed by atoms with Gasteiger partial charge < -0.3 is 4.90 Å². The number of pyridine rings is 1. The SMILES string of the molecule is CCCCN1CCCC[C@@H]1c1ccc(N(C)C)nc1. The number of piperidine rings is 1. The molecule has 1 aromatic rings. The minimum atomic E-state index is 0.587. The second-order valence-electron chi connectivity index (χ2n) is 5.75. The number of anilines is 1. The molecule has 106 valence electrons. The van der Waals surface area contributed by atoms with E-state index >= 15 is 0 Å². The van der Waals surface area contributed by atoms with Gasteiger partial charge in [0, 0.05) is 26.3 Å². The molecule has 0 bridgehead atoms. The van der Waals surface area contributed by atoms with Crippen molar-refractivity contribution in [1.29, 1.82) is 0 Å². The Labute approximate surface area is 117 Å². The van der Waals surface area contributed by atoms with E-state index in [-0.39, 0.29) is 0 Å². The van der Waals surface area contributed by atoms with Crippen LogP contribution in [0.5, 0.6) is 0 Å². The third-order valence-electron chi connectivity index (χ3n) is 4.03. The van der Waals surface area contributed by atoms with Crippen LogP contribution in [0.3, 0.4) is 0 Å². The van der Waals surface area contributed by atoms with E-state index in [2.05, 4.69) is 40.0 Å². The van der Waals surface area contributed by atoms with E-state index in [1.807, 2.05) is 14.1 Å². The minimum Gasteiger partial charge on any atom is -0.363 e. The Kier molecular flexibility index (Phi) is 5.20. The van der Waals surface area contributed by atoms with Crippen molar-refractivity contribution < 1.29 is 0 Å². The van der Waals surface area contributed by atoms with Crippen LogP contribution in [0.2, 0.25) is 0 Å². The molecular formula is C16H27N3. The quantitative estimate of drug-likeness (QED) is 0.809.